The van der Waals surface area contributed by atoms with Gasteiger partial charge in [-0.3, -0.25) is 9.59 Å². The van der Waals surface area contributed by atoms with Crippen LogP contribution in [0.3, 0.4) is 0 Å². The maximum Gasteiger partial charge on any atom is 0.256 e. The van der Waals surface area contributed by atoms with E-state index in [-0.39, 0.29) is 23.8 Å². The summed E-state index contributed by atoms with van der Waals surface area (Å²) in [6.45, 7) is 4.61. The van der Waals surface area contributed by atoms with Crippen molar-refractivity contribution >= 4 is 17.5 Å². The predicted molar refractivity (Wildman–Crippen MR) is 89.5 cm³/mol. The zero-order chi connectivity index (χ0) is 17.3. The summed E-state index contributed by atoms with van der Waals surface area (Å²) < 4.78 is 1.70. The third-order valence-corrected chi connectivity index (χ3v) is 4.52. The molecule has 0 spiro atoms. The summed E-state index contributed by atoms with van der Waals surface area (Å²) in [5.41, 5.74) is 1.87. The highest BCUT2D eigenvalue weighted by Crippen LogP contribution is 2.32. The van der Waals surface area contributed by atoms with Crippen molar-refractivity contribution in [2.75, 3.05) is 13.6 Å². The Kier molecular flexibility index (Phi) is 4.51. The topological polar surface area (TPSA) is 79.6 Å². The molecule has 0 radical (unpaired) electrons. The SMILES string of the molecule is CNC(=O)c1cnn2c([C@@H]3CCCCN3C(=O)C(C)C)ccnc12. The quantitative estimate of drug-likeness (QED) is 0.931. The first-order chi connectivity index (χ1) is 11.5. The summed E-state index contributed by atoms with van der Waals surface area (Å²) in [6, 6.07) is 1.86. The lowest BCUT2D eigenvalue weighted by Crippen LogP contribution is -2.41. The van der Waals surface area contributed by atoms with E-state index in [0.717, 1.165) is 31.5 Å². The number of carbonyl (C=O) groups excluding carboxylic acids is 2. The second kappa shape index (κ2) is 6.59. The van der Waals surface area contributed by atoms with Gasteiger partial charge in [0.1, 0.15) is 5.56 Å². The smallest absolute Gasteiger partial charge is 0.256 e. The Morgan fingerprint density at radius 1 is 1.33 bits per heavy atom. The van der Waals surface area contributed by atoms with Gasteiger partial charge in [-0.1, -0.05) is 13.8 Å². The normalized spacial score (nSPS) is 18.2. The van der Waals surface area contributed by atoms with Crippen LogP contribution in [-0.2, 0) is 4.79 Å². The maximum atomic E-state index is 12.6. The second-order valence-corrected chi connectivity index (χ2v) is 6.44. The summed E-state index contributed by atoms with van der Waals surface area (Å²) in [5.74, 6) is -0.0984. The molecule has 7 heteroatoms. The zero-order valence-corrected chi connectivity index (χ0v) is 14.3. The molecular formula is C17H23N5O2. The van der Waals surface area contributed by atoms with Crippen LogP contribution in [-0.4, -0.2) is 44.9 Å². The van der Waals surface area contributed by atoms with E-state index in [1.54, 1.807) is 17.8 Å². The molecule has 3 heterocycles. The van der Waals surface area contributed by atoms with Crippen molar-refractivity contribution in [2.45, 2.75) is 39.2 Å². The number of rotatable bonds is 3. The summed E-state index contributed by atoms with van der Waals surface area (Å²) in [5, 5.41) is 6.96. The van der Waals surface area contributed by atoms with E-state index in [9.17, 15) is 9.59 Å². The maximum absolute atomic E-state index is 12.6. The lowest BCUT2D eigenvalue weighted by molar-refractivity contribution is -0.138. The van der Waals surface area contributed by atoms with Crippen molar-refractivity contribution in [3.8, 4) is 0 Å². The second-order valence-electron chi connectivity index (χ2n) is 6.44. The highest BCUT2D eigenvalue weighted by atomic mass is 16.2. The van der Waals surface area contributed by atoms with Crippen LogP contribution >= 0.6 is 0 Å². The van der Waals surface area contributed by atoms with Crippen molar-refractivity contribution in [3.63, 3.8) is 0 Å². The summed E-state index contributed by atoms with van der Waals surface area (Å²) in [7, 11) is 1.58. The van der Waals surface area contributed by atoms with Crippen molar-refractivity contribution in [3.05, 3.63) is 29.7 Å². The Hall–Kier alpha value is -2.44. The molecule has 1 aliphatic heterocycles. The van der Waals surface area contributed by atoms with Gasteiger partial charge in [-0.15, -0.1) is 0 Å². The molecule has 24 heavy (non-hydrogen) atoms. The van der Waals surface area contributed by atoms with E-state index in [4.69, 9.17) is 0 Å². The Morgan fingerprint density at radius 3 is 2.83 bits per heavy atom. The van der Waals surface area contributed by atoms with E-state index in [2.05, 4.69) is 15.4 Å². The van der Waals surface area contributed by atoms with Crippen molar-refractivity contribution in [2.24, 2.45) is 5.92 Å². The summed E-state index contributed by atoms with van der Waals surface area (Å²) >= 11 is 0. The highest BCUT2D eigenvalue weighted by Gasteiger charge is 2.31. The molecule has 0 saturated carbocycles. The van der Waals surface area contributed by atoms with Crippen LogP contribution in [0, 0.1) is 5.92 Å². The van der Waals surface area contributed by atoms with E-state index < -0.39 is 0 Å². The van der Waals surface area contributed by atoms with Gasteiger partial charge < -0.3 is 10.2 Å². The fourth-order valence-electron chi connectivity index (χ4n) is 3.29. The molecule has 7 nitrogen and oxygen atoms in total. The lowest BCUT2D eigenvalue weighted by Gasteiger charge is -2.37. The van der Waals surface area contributed by atoms with Crippen LogP contribution in [0.25, 0.3) is 5.65 Å². The minimum Gasteiger partial charge on any atom is -0.355 e. The number of hydrogen-bond donors (Lipinski definition) is 1. The molecule has 2 aromatic heterocycles. The number of amides is 2. The number of nitrogens with one attached hydrogen (secondary N) is 1. The largest absolute Gasteiger partial charge is 0.355 e. The number of hydrogen-bond acceptors (Lipinski definition) is 4. The highest BCUT2D eigenvalue weighted by molar-refractivity contribution is 5.99. The Morgan fingerprint density at radius 2 is 2.12 bits per heavy atom. The van der Waals surface area contributed by atoms with Gasteiger partial charge in [-0.25, -0.2) is 9.50 Å². The number of aromatic nitrogens is 3. The third kappa shape index (κ3) is 2.74. The van der Waals surface area contributed by atoms with Gasteiger partial charge in [0, 0.05) is 25.7 Å². The molecule has 1 atom stereocenters. The molecule has 0 bridgehead atoms. The third-order valence-electron chi connectivity index (χ3n) is 4.52. The van der Waals surface area contributed by atoms with Crippen LogP contribution in [0.4, 0.5) is 0 Å². The van der Waals surface area contributed by atoms with Crippen LogP contribution in [0.5, 0.6) is 0 Å². The summed E-state index contributed by atoms with van der Waals surface area (Å²) in [6.07, 6.45) is 6.20. The molecule has 1 N–H and O–H groups in total. The molecule has 2 amide bonds. The van der Waals surface area contributed by atoms with Crippen LogP contribution in [0.15, 0.2) is 18.5 Å². The van der Waals surface area contributed by atoms with Gasteiger partial charge in [-0.2, -0.15) is 5.10 Å². The monoisotopic (exact) mass is 329 g/mol. The molecule has 1 fully saturated rings. The fraction of sp³-hybridized carbons (Fsp3) is 0.529. The van der Waals surface area contributed by atoms with Crippen molar-refractivity contribution < 1.29 is 9.59 Å². The molecule has 0 unspecified atom stereocenters. The Balaban J connectivity index is 2.05. The Labute approximate surface area is 141 Å². The zero-order valence-electron chi connectivity index (χ0n) is 14.3. The summed E-state index contributed by atoms with van der Waals surface area (Å²) in [4.78, 5) is 30.8. The van der Waals surface area contributed by atoms with Crippen molar-refractivity contribution in [1.82, 2.24) is 24.8 Å². The number of likely N-dealkylation sites (tertiary alicyclic amines) is 1. The molecule has 128 valence electrons. The number of fused-ring (bicyclic) bond motifs is 1. The average molecular weight is 329 g/mol. The molecule has 0 aromatic carbocycles. The van der Waals surface area contributed by atoms with E-state index in [0.29, 0.717) is 11.2 Å². The molecule has 3 rings (SSSR count). The fourth-order valence-corrected chi connectivity index (χ4v) is 3.29. The van der Waals surface area contributed by atoms with Gasteiger partial charge in [0.15, 0.2) is 5.65 Å². The minimum atomic E-state index is -0.214. The number of nitrogens with zero attached hydrogens (tertiary/aromatic N) is 4. The van der Waals surface area contributed by atoms with Gasteiger partial charge >= 0.3 is 0 Å². The van der Waals surface area contributed by atoms with Gasteiger partial charge in [0.25, 0.3) is 5.91 Å². The average Bonchev–Trinajstić information content (AvgIpc) is 3.04. The van der Waals surface area contributed by atoms with Gasteiger partial charge in [-0.05, 0) is 25.3 Å². The van der Waals surface area contributed by atoms with Crippen LogP contribution in [0.1, 0.15) is 55.2 Å². The number of carbonyl (C=O) groups is 2. The van der Waals surface area contributed by atoms with Crippen LogP contribution < -0.4 is 5.32 Å². The standard InChI is InChI=1S/C17H23N5O2/c1-11(2)17(24)21-9-5-4-6-13(21)14-7-8-19-15-12(16(23)18-3)10-20-22(14)15/h7-8,10-11,13H,4-6,9H2,1-3H3,(H,18,23)/t13-/m0/s1. The van der Waals surface area contributed by atoms with E-state index in [1.807, 2.05) is 24.8 Å². The minimum absolute atomic E-state index is 0.0309. The van der Waals surface area contributed by atoms with E-state index in [1.165, 1.54) is 6.20 Å². The first-order valence-electron chi connectivity index (χ1n) is 8.39. The lowest BCUT2D eigenvalue weighted by atomic mass is 9.97. The van der Waals surface area contributed by atoms with Crippen molar-refractivity contribution in [1.29, 1.82) is 0 Å². The molecular weight excluding hydrogens is 306 g/mol. The Bertz CT molecular complexity index is 767. The molecule has 0 aliphatic carbocycles. The first-order valence-corrected chi connectivity index (χ1v) is 8.39. The molecule has 2 aromatic rings. The molecule has 1 aliphatic rings. The van der Waals surface area contributed by atoms with E-state index >= 15 is 0 Å². The number of piperidine rings is 1. The van der Waals surface area contributed by atoms with Crippen LogP contribution in [0.2, 0.25) is 0 Å². The van der Waals surface area contributed by atoms with Gasteiger partial charge in [0.05, 0.1) is 17.9 Å². The van der Waals surface area contributed by atoms with Gasteiger partial charge in [0.2, 0.25) is 5.91 Å². The first kappa shape index (κ1) is 16.4. The predicted octanol–water partition coefficient (Wildman–Crippen LogP) is 1.80. The molecule has 1 saturated heterocycles.